The predicted octanol–water partition coefficient (Wildman–Crippen LogP) is 0.428. The molecule has 0 spiro atoms. The highest BCUT2D eigenvalue weighted by atomic mass is 32.2. The smallest absolute Gasteiger partial charge is 0.321 e. The van der Waals surface area contributed by atoms with Crippen molar-refractivity contribution >= 4 is 29.7 Å². The number of amides is 3. The van der Waals surface area contributed by atoms with Crippen LogP contribution in [0.4, 0.5) is 4.79 Å². The van der Waals surface area contributed by atoms with Crippen molar-refractivity contribution in [1.82, 2.24) is 10.6 Å². The lowest BCUT2D eigenvalue weighted by Gasteiger charge is -2.17. The SMILES string of the molecule is CCNC(=O)NC(=O)CSC(C)(C)C(=O)O. The Hall–Kier alpha value is -1.24. The average molecular weight is 248 g/mol. The van der Waals surface area contributed by atoms with Gasteiger partial charge in [-0.1, -0.05) is 0 Å². The number of carboxylic acids is 1. The molecule has 3 N–H and O–H groups in total. The second-order valence-electron chi connectivity index (χ2n) is 3.51. The molecule has 0 radical (unpaired) electrons. The van der Waals surface area contributed by atoms with Gasteiger partial charge in [-0.25, -0.2) is 4.79 Å². The molecule has 3 amide bonds. The van der Waals surface area contributed by atoms with Crippen molar-refractivity contribution in [3.8, 4) is 0 Å². The number of hydrogen-bond donors (Lipinski definition) is 3. The molecule has 0 aromatic carbocycles. The summed E-state index contributed by atoms with van der Waals surface area (Å²) in [5.41, 5.74) is 0. The summed E-state index contributed by atoms with van der Waals surface area (Å²) in [5, 5.41) is 13.3. The van der Waals surface area contributed by atoms with E-state index in [0.717, 1.165) is 11.8 Å². The van der Waals surface area contributed by atoms with Crippen molar-refractivity contribution < 1.29 is 19.5 Å². The monoisotopic (exact) mass is 248 g/mol. The van der Waals surface area contributed by atoms with E-state index >= 15 is 0 Å². The van der Waals surface area contributed by atoms with Crippen molar-refractivity contribution in [2.24, 2.45) is 0 Å². The Labute approximate surface area is 98.2 Å². The van der Waals surface area contributed by atoms with E-state index in [4.69, 9.17) is 5.11 Å². The van der Waals surface area contributed by atoms with Gasteiger partial charge in [-0.2, -0.15) is 0 Å². The first-order chi connectivity index (χ1) is 7.29. The summed E-state index contributed by atoms with van der Waals surface area (Å²) < 4.78 is -1.04. The van der Waals surface area contributed by atoms with Gasteiger partial charge >= 0.3 is 12.0 Å². The van der Waals surface area contributed by atoms with Gasteiger partial charge in [0.1, 0.15) is 4.75 Å². The number of rotatable bonds is 5. The van der Waals surface area contributed by atoms with Crippen molar-refractivity contribution in [2.75, 3.05) is 12.3 Å². The zero-order chi connectivity index (χ0) is 12.8. The molecule has 0 saturated carbocycles. The molecule has 0 saturated heterocycles. The first kappa shape index (κ1) is 14.8. The van der Waals surface area contributed by atoms with E-state index in [1.165, 1.54) is 13.8 Å². The van der Waals surface area contributed by atoms with E-state index in [2.05, 4.69) is 10.6 Å². The third-order valence-corrected chi connectivity index (χ3v) is 2.97. The van der Waals surface area contributed by atoms with Crippen molar-refractivity contribution in [3.05, 3.63) is 0 Å². The van der Waals surface area contributed by atoms with Gasteiger partial charge in [0.2, 0.25) is 5.91 Å². The van der Waals surface area contributed by atoms with E-state index in [1.807, 2.05) is 0 Å². The second kappa shape index (κ2) is 6.37. The summed E-state index contributed by atoms with van der Waals surface area (Å²) >= 11 is 0.963. The summed E-state index contributed by atoms with van der Waals surface area (Å²) in [6, 6.07) is -0.568. The molecular formula is C9H16N2O4S. The van der Waals surface area contributed by atoms with Gasteiger partial charge in [-0.3, -0.25) is 14.9 Å². The van der Waals surface area contributed by atoms with Crippen LogP contribution in [0.2, 0.25) is 0 Å². The molecule has 6 nitrogen and oxygen atoms in total. The van der Waals surface area contributed by atoms with Crippen LogP contribution in [0, 0.1) is 0 Å². The van der Waals surface area contributed by atoms with E-state index in [1.54, 1.807) is 6.92 Å². The Morgan fingerprint density at radius 2 is 1.88 bits per heavy atom. The molecular weight excluding hydrogens is 232 g/mol. The fourth-order valence-corrected chi connectivity index (χ4v) is 1.36. The van der Waals surface area contributed by atoms with E-state index in [0.29, 0.717) is 6.54 Å². The molecule has 0 atom stereocenters. The van der Waals surface area contributed by atoms with Crippen LogP contribution >= 0.6 is 11.8 Å². The number of carboxylic acid groups (broad SMARTS) is 1. The Kier molecular flexibility index (Phi) is 5.87. The van der Waals surface area contributed by atoms with Crippen molar-refractivity contribution in [2.45, 2.75) is 25.5 Å². The van der Waals surface area contributed by atoms with Crippen molar-refractivity contribution in [1.29, 1.82) is 0 Å². The molecule has 0 aliphatic carbocycles. The van der Waals surface area contributed by atoms with Gasteiger partial charge in [-0.05, 0) is 20.8 Å². The van der Waals surface area contributed by atoms with Gasteiger partial charge in [0.25, 0.3) is 0 Å². The first-order valence-electron chi connectivity index (χ1n) is 4.74. The maximum absolute atomic E-state index is 11.2. The van der Waals surface area contributed by atoms with Crippen LogP contribution in [-0.2, 0) is 9.59 Å². The number of thioether (sulfide) groups is 1. The highest BCUT2D eigenvalue weighted by molar-refractivity contribution is 8.01. The fourth-order valence-electron chi connectivity index (χ4n) is 0.675. The number of nitrogens with one attached hydrogen (secondary N) is 2. The Bertz CT molecular complexity index is 291. The molecule has 0 aromatic heterocycles. The summed E-state index contributed by atoms with van der Waals surface area (Å²) in [7, 11) is 0. The van der Waals surface area contributed by atoms with Crippen LogP contribution in [0.3, 0.4) is 0 Å². The minimum atomic E-state index is -1.04. The highest BCUT2D eigenvalue weighted by Gasteiger charge is 2.28. The summed E-state index contributed by atoms with van der Waals surface area (Å²) in [4.78, 5) is 32.9. The molecule has 0 aromatic rings. The van der Waals surface area contributed by atoms with Gasteiger partial charge < -0.3 is 10.4 Å². The Morgan fingerprint density at radius 3 is 2.31 bits per heavy atom. The quantitative estimate of drug-likeness (QED) is 0.655. The molecule has 0 rings (SSSR count). The molecule has 0 unspecified atom stereocenters. The lowest BCUT2D eigenvalue weighted by atomic mass is 10.2. The Balaban J connectivity index is 3.99. The van der Waals surface area contributed by atoms with E-state index in [-0.39, 0.29) is 5.75 Å². The topological polar surface area (TPSA) is 95.5 Å². The first-order valence-corrected chi connectivity index (χ1v) is 5.73. The molecule has 92 valence electrons. The molecule has 0 heterocycles. The van der Waals surface area contributed by atoms with E-state index in [9.17, 15) is 14.4 Å². The Morgan fingerprint density at radius 1 is 1.31 bits per heavy atom. The van der Waals surface area contributed by atoms with Crippen LogP contribution in [0.15, 0.2) is 0 Å². The molecule has 0 aliphatic rings. The maximum atomic E-state index is 11.2. The lowest BCUT2D eigenvalue weighted by molar-refractivity contribution is -0.138. The minimum absolute atomic E-state index is 0.0730. The number of urea groups is 1. The standard InChI is InChI=1S/C9H16N2O4S/c1-4-10-8(15)11-6(12)5-16-9(2,3)7(13)14/h4-5H2,1-3H3,(H,13,14)(H2,10,11,12,15). The largest absolute Gasteiger partial charge is 0.480 e. The van der Waals surface area contributed by atoms with E-state index < -0.39 is 22.7 Å². The van der Waals surface area contributed by atoms with Crippen LogP contribution in [-0.4, -0.2) is 40.1 Å². The lowest BCUT2D eigenvalue weighted by Crippen LogP contribution is -2.41. The maximum Gasteiger partial charge on any atom is 0.321 e. The van der Waals surface area contributed by atoms with Gasteiger partial charge in [0.15, 0.2) is 0 Å². The van der Waals surface area contributed by atoms with Gasteiger partial charge in [0, 0.05) is 6.54 Å². The third-order valence-electron chi connectivity index (χ3n) is 1.67. The highest BCUT2D eigenvalue weighted by Crippen LogP contribution is 2.23. The zero-order valence-corrected chi connectivity index (χ0v) is 10.3. The van der Waals surface area contributed by atoms with Crippen LogP contribution in [0.5, 0.6) is 0 Å². The number of carbonyl (C=O) groups excluding carboxylic acids is 2. The van der Waals surface area contributed by atoms with Crippen LogP contribution in [0.1, 0.15) is 20.8 Å². The third kappa shape index (κ3) is 5.59. The second-order valence-corrected chi connectivity index (χ2v) is 5.11. The molecule has 16 heavy (non-hydrogen) atoms. The van der Waals surface area contributed by atoms with Gasteiger partial charge in [0.05, 0.1) is 5.75 Å². The normalized spacial score (nSPS) is 10.7. The summed E-state index contributed by atoms with van der Waals surface area (Å²) in [6.45, 7) is 5.15. The van der Waals surface area contributed by atoms with Crippen molar-refractivity contribution in [3.63, 3.8) is 0 Å². The molecule has 0 fully saturated rings. The summed E-state index contributed by atoms with van der Waals surface area (Å²) in [5.74, 6) is -1.58. The molecule has 0 bridgehead atoms. The molecule has 7 heteroatoms. The minimum Gasteiger partial charge on any atom is -0.480 e. The zero-order valence-electron chi connectivity index (χ0n) is 9.49. The number of hydrogen-bond acceptors (Lipinski definition) is 4. The summed E-state index contributed by atoms with van der Waals surface area (Å²) in [6.07, 6.45) is 0. The van der Waals surface area contributed by atoms with Crippen LogP contribution in [0.25, 0.3) is 0 Å². The molecule has 0 aliphatic heterocycles. The fraction of sp³-hybridized carbons (Fsp3) is 0.667. The number of carbonyl (C=O) groups is 3. The average Bonchev–Trinajstić information content (AvgIpc) is 2.15. The van der Waals surface area contributed by atoms with Crippen LogP contribution < -0.4 is 10.6 Å². The van der Waals surface area contributed by atoms with Gasteiger partial charge in [-0.15, -0.1) is 11.8 Å². The number of aliphatic carboxylic acids is 1. The predicted molar refractivity (Wildman–Crippen MR) is 61.4 cm³/mol. The number of imide groups is 1.